The van der Waals surface area contributed by atoms with Crippen LogP contribution in [-0.2, 0) is 0 Å². The van der Waals surface area contributed by atoms with Gasteiger partial charge in [0, 0.05) is 23.0 Å². The highest BCUT2D eigenvalue weighted by molar-refractivity contribution is 6.30. The first-order valence-corrected chi connectivity index (χ1v) is 9.84. The van der Waals surface area contributed by atoms with Crippen LogP contribution in [0.15, 0.2) is 54.6 Å². The molecule has 4 rings (SSSR count). The van der Waals surface area contributed by atoms with Gasteiger partial charge in [0.2, 0.25) is 0 Å². The van der Waals surface area contributed by atoms with Crippen LogP contribution in [0.25, 0.3) is 10.9 Å². The van der Waals surface area contributed by atoms with E-state index in [1.54, 1.807) is 6.07 Å². The maximum absolute atomic E-state index is 13.5. The van der Waals surface area contributed by atoms with Crippen LogP contribution in [0.2, 0.25) is 5.02 Å². The molecule has 1 heterocycles. The minimum Gasteiger partial charge on any atom is -0.367 e. The van der Waals surface area contributed by atoms with Gasteiger partial charge in [-0.05, 0) is 62.1 Å². The van der Waals surface area contributed by atoms with Gasteiger partial charge in [-0.3, -0.25) is 4.79 Å². The molecule has 0 saturated heterocycles. The first kappa shape index (κ1) is 18.7. The molecule has 3 aromatic rings. The van der Waals surface area contributed by atoms with E-state index in [0.717, 1.165) is 42.4 Å². The van der Waals surface area contributed by atoms with Gasteiger partial charge >= 0.3 is 0 Å². The molecule has 0 spiro atoms. The number of amides is 1. The number of pyridine rings is 1. The molecule has 1 amide bonds. The molecule has 1 saturated carbocycles. The molecule has 1 fully saturated rings. The Balaban J connectivity index is 1.31. The van der Waals surface area contributed by atoms with E-state index in [-0.39, 0.29) is 17.0 Å². The quantitative estimate of drug-likeness (QED) is 0.637. The van der Waals surface area contributed by atoms with Crippen molar-refractivity contribution >= 4 is 34.2 Å². The first-order chi connectivity index (χ1) is 13.6. The summed E-state index contributed by atoms with van der Waals surface area (Å²) in [4.78, 5) is 17.0. The molecule has 2 N–H and O–H groups in total. The monoisotopic (exact) mass is 397 g/mol. The Morgan fingerprint density at radius 2 is 1.75 bits per heavy atom. The summed E-state index contributed by atoms with van der Waals surface area (Å²) < 4.78 is 13.5. The zero-order valence-corrected chi connectivity index (χ0v) is 16.0. The molecule has 0 unspecified atom stereocenters. The number of anilines is 1. The highest BCUT2D eigenvalue weighted by Crippen LogP contribution is 2.23. The van der Waals surface area contributed by atoms with E-state index in [4.69, 9.17) is 11.6 Å². The lowest BCUT2D eigenvalue weighted by atomic mass is 9.91. The summed E-state index contributed by atoms with van der Waals surface area (Å²) in [6, 6.07) is 16.7. The molecule has 1 aliphatic carbocycles. The number of carbonyl (C=O) groups is 1. The molecule has 0 radical (unpaired) electrons. The molecule has 1 aliphatic rings. The summed E-state index contributed by atoms with van der Waals surface area (Å²) in [5, 5.41) is 7.64. The van der Waals surface area contributed by atoms with Gasteiger partial charge in [0.05, 0.1) is 10.5 Å². The van der Waals surface area contributed by atoms with Gasteiger partial charge in [-0.15, -0.1) is 0 Å². The van der Waals surface area contributed by atoms with Gasteiger partial charge in [0.15, 0.2) is 0 Å². The van der Waals surface area contributed by atoms with E-state index < -0.39 is 5.82 Å². The normalized spacial score (nSPS) is 19.4. The molecule has 0 aliphatic heterocycles. The Morgan fingerprint density at radius 1 is 1.00 bits per heavy atom. The number of aromatic nitrogens is 1. The number of nitrogens with zero attached hydrogens (tertiary/aromatic N) is 1. The van der Waals surface area contributed by atoms with Crippen molar-refractivity contribution in [1.29, 1.82) is 0 Å². The number of rotatable bonds is 4. The highest BCUT2D eigenvalue weighted by atomic mass is 35.5. The highest BCUT2D eigenvalue weighted by Gasteiger charge is 2.23. The molecular formula is C22H21ClFN3O. The van der Waals surface area contributed by atoms with Gasteiger partial charge in [-0.25, -0.2) is 9.37 Å². The SMILES string of the molecule is O=C(NC1CCC(Nc2ccc3ccccc3n2)CC1)c1ccc(Cl)c(F)c1. The summed E-state index contributed by atoms with van der Waals surface area (Å²) in [6.07, 6.45) is 3.61. The van der Waals surface area contributed by atoms with Crippen LogP contribution in [0.5, 0.6) is 0 Å². The van der Waals surface area contributed by atoms with Crippen molar-refractivity contribution < 1.29 is 9.18 Å². The summed E-state index contributed by atoms with van der Waals surface area (Å²) >= 11 is 5.67. The van der Waals surface area contributed by atoms with Crippen molar-refractivity contribution in [3.05, 3.63) is 71.0 Å². The first-order valence-electron chi connectivity index (χ1n) is 9.47. The third-order valence-electron chi connectivity index (χ3n) is 5.19. The molecule has 144 valence electrons. The van der Waals surface area contributed by atoms with Crippen LogP contribution < -0.4 is 10.6 Å². The average Bonchev–Trinajstić information content (AvgIpc) is 2.71. The lowest BCUT2D eigenvalue weighted by Crippen LogP contribution is -2.40. The van der Waals surface area contributed by atoms with E-state index in [1.165, 1.54) is 12.1 Å². The predicted octanol–water partition coefficient (Wildman–Crippen LogP) is 5.18. The van der Waals surface area contributed by atoms with Crippen LogP contribution in [0.4, 0.5) is 10.2 Å². The number of hydrogen-bond acceptors (Lipinski definition) is 3. The van der Waals surface area contributed by atoms with Crippen molar-refractivity contribution in [3.8, 4) is 0 Å². The average molecular weight is 398 g/mol. The topological polar surface area (TPSA) is 54.0 Å². The zero-order valence-electron chi connectivity index (χ0n) is 15.3. The third kappa shape index (κ3) is 4.25. The fourth-order valence-corrected chi connectivity index (χ4v) is 3.76. The van der Waals surface area contributed by atoms with Crippen molar-refractivity contribution in [1.82, 2.24) is 10.3 Å². The minimum atomic E-state index is -0.579. The van der Waals surface area contributed by atoms with Crippen LogP contribution in [0.1, 0.15) is 36.0 Å². The predicted molar refractivity (Wildman–Crippen MR) is 110 cm³/mol. The fourth-order valence-electron chi connectivity index (χ4n) is 3.64. The molecule has 4 nitrogen and oxygen atoms in total. The van der Waals surface area contributed by atoms with E-state index in [9.17, 15) is 9.18 Å². The van der Waals surface area contributed by atoms with Crippen LogP contribution in [-0.4, -0.2) is 23.0 Å². The Kier molecular flexibility index (Phi) is 5.44. The molecular weight excluding hydrogens is 377 g/mol. The number of carbonyl (C=O) groups excluding carboxylic acids is 1. The van der Waals surface area contributed by atoms with E-state index in [0.29, 0.717) is 11.6 Å². The number of fused-ring (bicyclic) bond motifs is 1. The Morgan fingerprint density at radius 3 is 2.54 bits per heavy atom. The van der Waals surface area contributed by atoms with Crippen LogP contribution in [0.3, 0.4) is 0 Å². The van der Waals surface area contributed by atoms with Gasteiger partial charge in [0.25, 0.3) is 5.91 Å². The Labute approximate surface area is 168 Å². The lowest BCUT2D eigenvalue weighted by molar-refractivity contribution is 0.0926. The van der Waals surface area contributed by atoms with Gasteiger partial charge in [0.1, 0.15) is 11.6 Å². The van der Waals surface area contributed by atoms with Gasteiger partial charge in [-0.2, -0.15) is 0 Å². The standard InChI is InChI=1S/C22H21ClFN3O/c23-18-11-5-15(13-19(18)24)22(28)26-17-9-7-16(8-10-17)25-21-12-6-14-3-1-2-4-20(14)27-21/h1-6,11-13,16-17H,7-10H2,(H,25,27)(H,26,28). The maximum Gasteiger partial charge on any atom is 0.251 e. The Hall–Kier alpha value is -2.66. The van der Waals surface area contributed by atoms with Crippen molar-refractivity contribution in [3.63, 3.8) is 0 Å². The van der Waals surface area contributed by atoms with E-state index in [2.05, 4.69) is 21.7 Å². The number of para-hydroxylation sites is 1. The van der Waals surface area contributed by atoms with E-state index in [1.807, 2.05) is 30.3 Å². The maximum atomic E-state index is 13.5. The summed E-state index contributed by atoms with van der Waals surface area (Å²) in [6.45, 7) is 0. The molecule has 28 heavy (non-hydrogen) atoms. The van der Waals surface area contributed by atoms with Gasteiger partial charge < -0.3 is 10.6 Å². The lowest BCUT2D eigenvalue weighted by Gasteiger charge is -2.30. The van der Waals surface area contributed by atoms with Crippen LogP contribution >= 0.6 is 11.6 Å². The van der Waals surface area contributed by atoms with Crippen molar-refractivity contribution in [2.24, 2.45) is 0 Å². The minimum absolute atomic E-state index is 0.0189. The number of nitrogens with one attached hydrogen (secondary N) is 2. The molecule has 1 aromatic heterocycles. The summed E-state index contributed by atoms with van der Waals surface area (Å²) in [5.74, 6) is 0.0381. The zero-order chi connectivity index (χ0) is 19.5. The number of benzene rings is 2. The van der Waals surface area contributed by atoms with Gasteiger partial charge in [-0.1, -0.05) is 29.8 Å². The summed E-state index contributed by atoms with van der Waals surface area (Å²) in [7, 11) is 0. The molecule has 6 heteroatoms. The van der Waals surface area contributed by atoms with E-state index >= 15 is 0 Å². The van der Waals surface area contributed by atoms with Crippen molar-refractivity contribution in [2.45, 2.75) is 37.8 Å². The third-order valence-corrected chi connectivity index (χ3v) is 5.50. The molecule has 0 bridgehead atoms. The largest absolute Gasteiger partial charge is 0.367 e. The smallest absolute Gasteiger partial charge is 0.251 e. The van der Waals surface area contributed by atoms with Crippen molar-refractivity contribution in [2.75, 3.05) is 5.32 Å². The Bertz CT molecular complexity index is 1000. The number of halogens is 2. The summed E-state index contributed by atoms with van der Waals surface area (Å²) in [5.41, 5.74) is 1.27. The fraction of sp³-hybridized carbons (Fsp3) is 0.273. The number of hydrogen-bond donors (Lipinski definition) is 2. The molecule has 0 atom stereocenters. The van der Waals surface area contributed by atoms with Crippen LogP contribution in [0, 0.1) is 5.82 Å². The second kappa shape index (κ2) is 8.15. The second-order valence-corrected chi connectivity index (χ2v) is 7.59. The second-order valence-electron chi connectivity index (χ2n) is 7.18. The molecule has 2 aromatic carbocycles.